The van der Waals surface area contributed by atoms with Crippen LogP contribution in [0.4, 0.5) is 0 Å². The van der Waals surface area contributed by atoms with Crippen LogP contribution in [0.1, 0.15) is 5.56 Å². The Morgan fingerprint density at radius 2 is 2.00 bits per heavy atom. The first kappa shape index (κ1) is 16.5. The van der Waals surface area contributed by atoms with E-state index in [1.54, 1.807) is 31.4 Å². The van der Waals surface area contributed by atoms with Crippen molar-refractivity contribution in [3.8, 4) is 11.5 Å². The molecule has 1 aromatic carbocycles. The minimum absolute atomic E-state index is 0.251. The van der Waals surface area contributed by atoms with Crippen molar-refractivity contribution in [2.24, 2.45) is 0 Å². The molecule has 21 heavy (non-hydrogen) atoms. The summed E-state index contributed by atoms with van der Waals surface area (Å²) in [6.45, 7) is -0.251. The molecule has 7 nitrogen and oxygen atoms in total. The minimum atomic E-state index is -0.497. The molecule has 0 aliphatic carbocycles. The number of likely N-dealkylation sites (N-methyl/N-ethyl adjacent to an activating group) is 1. The first-order valence-corrected chi connectivity index (χ1v) is 6.13. The molecule has 0 aromatic heterocycles. The molecule has 0 heterocycles. The molecule has 2 N–H and O–H groups in total. The van der Waals surface area contributed by atoms with Crippen molar-refractivity contribution in [3.63, 3.8) is 0 Å². The molecule has 114 valence electrons. The Morgan fingerprint density at radius 3 is 2.62 bits per heavy atom. The molecule has 0 saturated carbocycles. The number of methoxy groups -OCH3 is 2. The van der Waals surface area contributed by atoms with E-state index in [1.807, 2.05) is 0 Å². The molecule has 0 saturated heterocycles. The lowest BCUT2D eigenvalue weighted by molar-refractivity contribution is -0.135. The van der Waals surface area contributed by atoms with Crippen LogP contribution in [0.5, 0.6) is 11.5 Å². The monoisotopic (exact) mass is 294 g/mol. The van der Waals surface area contributed by atoms with Gasteiger partial charge in [-0.15, -0.1) is 0 Å². The van der Waals surface area contributed by atoms with Gasteiger partial charge in [0.2, 0.25) is 5.91 Å². The quantitative estimate of drug-likeness (QED) is 0.565. The molecule has 0 aliphatic heterocycles. The number of ether oxygens (including phenoxy) is 2. The summed E-state index contributed by atoms with van der Waals surface area (Å²) in [6.07, 6.45) is 2.82. The highest BCUT2D eigenvalue weighted by Crippen LogP contribution is 2.24. The van der Waals surface area contributed by atoms with Crippen LogP contribution in [0.15, 0.2) is 24.3 Å². The summed E-state index contributed by atoms with van der Waals surface area (Å²) < 4.78 is 10.3. The first-order chi connectivity index (χ1) is 10.1. The predicted molar refractivity (Wildman–Crippen MR) is 76.7 cm³/mol. The molecule has 0 radical (unpaired) electrons. The molecular weight excluding hydrogens is 276 g/mol. The van der Waals surface area contributed by atoms with Gasteiger partial charge in [0.1, 0.15) is 11.5 Å². The van der Waals surface area contributed by atoms with Gasteiger partial charge >= 0.3 is 0 Å². The second-order valence-corrected chi connectivity index (χ2v) is 3.87. The first-order valence-electron chi connectivity index (χ1n) is 6.13. The number of hydrogen-bond acceptors (Lipinski definition) is 5. The van der Waals surface area contributed by atoms with Crippen molar-refractivity contribution in [2.75, 3.05) is 27.9 Å². The number of hydroxylamine groups is 1. The maximum atomic E-state index is 11.5. The zero-order chi connectivity index (χ0) is 15.7. The normalized spacial score (nSPS) is 10.2. The Kier molecular flexibility index (Phi) is 6.76. The van der Waals surface area contributed by atoms with Gasteiger partial charge in [0.25, 0.3) is 5.91 Å². The number of rotatable bonds is 7. The summed E-state index contributed by atoms with van der Waals surface area (Å²) >= 11 is 0. The second-order valence-electron chi connectivity index (χ2n) is 3.87. The third-order valence-electron chi connectivity index (χ3n) is 2.51. The van der Waals surface area contributed by atoms with E-state index in [4.69, 9.17) is 14.3 Å². The largest absolute Gasteiger partial charge is 0.497 e. The van der Waals surface area contributed by atoms with Crippen molar-refractivity contribution >= 4 is 17.9 Å². The molecule has 0 unspecified atom stereocenters. The van der Waals surface area contributed by atoms with Gasteiger partial charge in [-0.3, -0.25) is 14.4 Å². The molecular formula is C14H18N2O5. The summed E-state index contributed by atoms with van der Waals surface area (Å²) in [7, 11) is 4.56. The average Bonchev–Trinajstić information content (AvgIpc) is 2.52. The molecule has 1 aromatic rings. The van der Waals surface area contributed by atoms with Crippen molar-refractivity contribution in [2.45, 2.75) is 0 Å². The van der Waals surface area contributed by atoms with Gasteiger partial charge in [-0.1, -0.05) is 0 Å². The van der Waals surface area contributed by atoms with Crippen LogP contribution < -0.4 is 20.3 Å². The standard InChI is InChI=1S/C14H18N2O5/c1-15-14(18)9-21-16-13(17)7-4-10-8-11(19-2)5-6-12(10)20-3/h4-8H,9H2,1-3H3,(H,15,18)(H,16,17)/b7-4+. The lowest BCUT2D eigenvalue weighted by Crippen LogP contribution is -2.30. The molecule has 0 atom stereocenters. The fourth-order valence-corrected chi connectivity index (χ4v) is 1.41. The van der Waals surface area contributed by atoms with Crippen LogP contribution >= 0.6 is 0 Å². The Hall–Kier alpha value is -2.54. The number of carbonyl (C=O) groups is 2. The van der Waals surface area contributed by atoms with Crippen molar-refractivity contribution < 1.29 is 23.9 Å². The minimum Gasteiger partial charge on any atom is -0.497 e. The Morgan fingerprint density at radius 1 is 1.24 bits per heavy atom. The van der Waals surface area contributed by atoms with Crippen LogP contribution in [-0.4, -0.2) is 39.7 Å². The van der Waals surface area contributed by atoms with E-state index in [2.05, 4.69) is 10.8 Å². The van der Waals surface area contributed by atoms with Gasteiger partial charge in [0.05, 0.1) is 14.2 Å². The van der Waals surface area contributed by atoms with E-state index in [0.29, 0.717) is 17.1 Å². The number of carbonyl (C=O) groups excluding carboxylic acids is 2. The van der Waals surface area contributed by atoms with E-state index in [0.717, 1.165) is 0 Å². The average molecular weight is 294 g/mol. The summed E-state index contributed by atoms with van der Waals surface area (Å²) in [6, 6.07) is 5.22. The topological polar surface area (TPSA) is 85.9 Å². The van der Waals surface area contributed by atoms with Crippen LogP contribution in [0.2, 0.25) is 0 Å². The lowest BCUT2D eigenvalue weighted by Gasteiger charge is -2.07. The number of amides is 2. The fraction of sp³-hybridized carbons (Fsp3) is 0.286. The third-order valence-corrected chi connectivity index (χ3v) is 2.51. The highest BCUT2D eigenvalue weighted by molar-refractivity contribution is 5.91. The Labute approximate surface area is 122 Å². The summed E-state index contributed by atoms with van der Waals surface area (Å²) in [5.74, 6) is 0.412. The highest BCUT2D eigenvalue weighted by atomic mass is 16.7. The summed E-state index contributed by atoms with van der Waals surface area (Å²) in [5, 5.41) is 2.36. The lowest BCUT2D eigenvalue weighted by atomic mass is 10.1. The van der Waals surface area contributed by atoms with Gasteiger partial charge in [-0.2, -0.15) is 0 Å². The van der Waals surface area contributed by atoms with E-state index in [9.17, 15) is 9.59 Å². The van der Waals surface area contributed by atoms with Gasteiger partial charge in [-0.25, -0.2) is 5.48 Å². The fourth-order valence-electron chi connectivity index (χ4n) is 1.41. The SMILES string of the molecule is CNC(=O)CONC(=O)/C=C/c1cc(OC)ccc1OC. The molecule has 7 heteroatoms. The second kappa shape index (κ2) is 8.60. The third kappa shape index (κ3) is 5.53. The molecule has 0 fully saturated rings. The number of nitrogens with one attached hydrogen (secondary N) is 2. The van der Waals surface area contributed by atoms with E-state index in [1.165, 1.54) is 20.2 Å². The predicted octanol–water partition coefficient (Wildman–Crippen LogP) is 0.511. The Balaban J connectivity index is 2.62. The van der Waals surface area contributed by atoms with Gasteiger partial charge in [0.15, 0.2) is 6.61 Å². The van der Waals surface area contributed by atoms with E-state index < -0.39 is 5.91 Å². The number of hydrogen-bond donors (Lipinski definition) is 2. The maximum Gasteiger partial charge on any atom is 0.267 e. The Bertz CT molecular complexity index is 528. The maximum absolute atomic E-state index is 11.5. The molecule has 0 bridgehead atoms. The van der Waals surface area contributed by atoms with Crippen LogP contribution in [0.25, 0.3) is 6.08 Å². The molecule has 2 amide bonds. The van der Waals surface area contributed by atoms with Gasteiger partial charge in [0, 0.05) is 18.7 Å². The van der Waals surface area contributed by atoms with E-state index >= 15 is 0 Å². The molecule has 0 aliphatic rings. The van der Waals surface area contributed by atoms with Gasteiger partial charge in [-0.05, 0) is 24.3 Å². The van der Waals surface area contributed by atoms with Crippen LogP contribution in [0, 0.1) is 0 Å². The van der Waals surface area contributed by atoms with E-state index in [-0.39, 0.29) is 12.5 Å². The summed E-state index contributed by atoms with van der Waals surface area (Å²) in [4.78, 5) is 27.1. The van der Waals surface area contributed by atoms with Crippen molar-refractivity contribution in [1.29, 1.82) is 0 Å². The van der Waals surface area contributed by atoms with Crippen molar-refractivity contribution in [1.82, 2.24) is 10.8 Å². The summed E-state index contributed by atoms with van der Waals surface area (Å²) in [5.41, 5.74) is 2.80. The highest BCUT2D eigenvalue weighted by Gasteiger charge is 2.04. The van der Waals surface area contributed by atoms with Crippen LogP contribution in [-0.2, 0) is 14.4 Å². The zero-order valence-electron chi connectivity index (χ0n) is 12.1. The molecule has 1 rings (SSSR count). The smallest absolute Gasteiger partial charge is 0.267 e. The number of benzene rings is 1. The zero-order valence-corrected chi connectivity index (χ0v) is 12.1. The van der Waals surface area contributed by atoms with Gasteiger partial charge < -0.3 is 14.8 Å². The van der Waals surface area contributed by atoms with Crippen LogP contribution in [0.3, 0.4) is 0 Å². The van der Waals surface area contributed by atoms with Crippen molar-refractivity contribution in [3.05, 3.63) is 29.8 Å². The molecule has 0 spiro atoms.